The van der Waals surface area contributed by atoms with E-state index in [4.69, 9.17) is 12.2 Å². The van der Waals surface area contributed by atoms with Crippen molar-refractivity contribution < 1.29 is 13.2 Å². The molecule has 0 bridgehead atoms. The van der Waals surface area contributed by atoms with Crippen molar-refractivity contribution in [2.45, 2.75) is 39.0 Å². The highest BCUT2D eigenvalue weighted by atomic mass is 32.2. The molecule has 2 aromatic rings. The van der Waals surface area contributed by atoms with Crippen molar-refractivity contribution in [2.24, 2.45) is 5.92 Å². The van der Waals surface area contributed by atoms with Gasteiger partial charge in [0.15, 0.2) is 5.11 Å². The summed E-state index contributed by atoms with van der Waals surface area (Å²) >= 11 is 5.11. The van der Waals surface area contributed by atoms with Crippen molar-refractivity contribution >= 4 is 44.6 Å². The van der Waals surface area contributed by atoms with Crippen molar-refractivity contribution in [3.05, 3.63) is 53.6 Å². The normalized spacial score (nSPS) is 11.2. The average molecular weight is 420 g/mol. The zero-order chi connectivity index (χ0) is 20.9. The van der Waals surface area contributed by atoms with Gasteiger partial charge in [-0.2, -0.15) is 0 Å². The molecule has 0 aliphatic carbocycles. The Hall–Kier alpha value is -2.45. The van der Waals surface area contributed by atoms with Gasteiger partial charge in [0, 0.05) is 12.1 Å². The van der Waals surface area contributed by atoms with E-state index in [9.17, 15) is 13.2 Å². The molecule has 0 saturated carbocycles. The minimum atomic E-state index is -3.71. The van der Waals surface area contributed by atoms with Gasteiger partial charge < -0.3 is 10.6 Å². The molecule has 28 heavy (non-hydrogen) atoms. The third-order valence-electron chi connectivity index (χ3n) is 3.90. The van der Waals surface area contributed by atoms with Crippen LogP contribution in [0.25, 0.3) is 0 Å². The summed E-state index contributed by atoms with van der Waals surface area (Å²) in [6.45, 7) is 7.70. The highest BCUT2D eigenvalue weighted by molar-refractivity contribution is 7.92. The lowest BCUT2D eigenvalue weighted by Gasteiger charge is -2.13. The Morgan fingerprint density at radius 3 is 2.29 bits per heavy atom. The van der Waals surface area contributed by atoms with E-state index in [1.54, 1.807) is 18.2 Å². The fourth-order valence-corrected chi connectivity index (χ4v) is 3.92. The quantitative estimate of drug-likeness (QED) is 0.617. The van der Waals surface area contributed by atoms with Crippen molar-refractivity contribution in [1.29, 1.82) is 0 Å². The number of thiocarbonyl (C=S) groups is 1. The Morgan fingerprint density at radius 1 is 1.07 bits per heavy atom. The number of hydrogen-bond donors (Lipinski definition) is 3. The van der Waals surface area contributed by atoms with Crippen LogP contribution in [0.2, 0.25) is 0 Å². The summed E-state index contributed by atoms with van der Waals surface area (Å²) in [4.78, 5) is 11.9. The standard InChI is InChI=1S/C20H25N3O3S2/c1-13(2)11-19(24)22-20(27)21-16-6-8-17(9-7-16)28(25,26)23-18-10-5-14(3)12-15(18)4/h5-10,12-13,23H,11H2,1-4H3,(H2,21,22,24,27). The van der Waals surface area contributed by atoms with Gasteiger partial charge >= 0.3 is 0 Å². The van der Waals surface area contributed by atoms with Crippen LogP contribution >= 0.6 is 12.2 Å². The number of carbonyl (C=O) groups excluding carboxylic acids is 1. The summed E-state index contributed by atoms with van der Waals surface area (Å²) in [7, 11) is -3.71. The lowest BCUT2D eigenvalue weighted by Crippen LogP contribution is -2.34. The van der Waals surface area contributed by atoms with Gasteiger partial charge in [-0.05, 0) is 67.9 Å². The second kappa shape index (κ2) is 9.16. The molecule has 2 rings (SSSR count). The molecule has 0 radical (unpaired) electrons. The van der Waals surface area contributed by atoms with Crippen LogP contribution in [-0.2, 0) is 14.8 Å². The van der Waals surface area contributed by atoms with Crippen molar-refractivity contribution in [2.75, 3.05) is 10.0 Å². The molecule has 2 aromatic carbocycles. The second-order valence-corrected chi connectivity index (χ2v) is 9.14. The van der Waals surface area contributed by atoms with Gasteiger partial charge in [-0.1, -0.05) is 31.5 Å². The molecular weight excluding hydrogens is 394 g/mol. The third-order valence-corrected chi connectivity index (χ3v) is 5.48. The Morgan fingerprint density at radius 2 is 1.71 bits per heavy atom. The Bertz CT molecular complexity index is 969. The number of anilines is 2. The van der Waals surface area contributed by atoms with Gasteiger partial charge in [-0.25, -0.2) is 8.42 Å². The van der Waals surface area contributed by atoms with Crippen LogP contribution in [0, 0.1) is 19.8 Å². The molecule has 6 nitrogen and oxygen atoms in total. The number of amides is 1. The summed E-state index contributed by atoms with van der Waals surface area (Å²) in [6.07, 6.45) is 0.378. The smallest absolute Gasteiger partial charge is 0.261 e. The minimum Gasteiger partial charge on any atom is -0.332 e. The molecule has 0 fully saturated rings. The van der Waals surface area contributed by atoms with E-state index in [1.165, 1.54) is 12.1 Å². The molecule has 0 aromatic heterocycles. The number of aryl methyl sites for hydroxylation is 2. The van der Waals surface area contributed by atoms with Crippen LogP contribution in [0.1, 0.15) is 31.4 Å². The SMILES string of the molecule is Cc1ccc(NS(=O)(=O)c2ccc(NC(=S)NC(=O)CC(C)C)cc2)c(C)c1. The van der Waals surface area contributed by atoms with Crippen molar-refractivity contribution in [1.82, 2.24) is 5.32 Å². The monoisotopic (exact) mass is 419 g/mol. The number of sulfonamides is 1. The molecule has 150 valence electrons. The minimum absolute atomic E-state index is 0.132. The van der Waals surface area contributed by atoms with E-state index < -0.39 is 10.0 Å². The summed E-state index contributed by atoms with van der Waals surface area (Å²) in [5, 5.41) is 5.65. The number of hydrogen-bond acceptors (Lipinski definition) is 4. The number of carbonyl (C=O) groups is 1. The zero-order valence-corrected chi connectivity index (χ0v) is 18.0. The summed E-state index contributed by atoms with van der Waals surface area (Å²) in [5.74, 6) is 0.0707. The molecular formula is C20H25N3O3S2. The first-order valence-electron chi connectivity index (χ1n) is 8.88. The van der Waals surface area contributed by atoms with Crippen molar-refractivity contribution in [3.63, 3.8) is 0 Å². The largest absolute Gasteiger partial charge is 0.332 e. The maximum atomic E-state index is 12.6. The first kappa shape index (κ1) is 21.8. The number of rotatable bonds is 6. The van der Waals surface area contributed by atoms with Gasteiger partial charge in [-0.3, -0.25) is 9.52 Å². The molecule has 0 atom stereocenters. The van der Waals surface area contributed by atoms with Crippen LogP contribution in [0.15, 0.2) is 47.4 Å². The van der Waals surface area contributed by atoms with Crippen LogP contribution < -0.4 is 15.4 Å². The first-order valence-corrected chi connectivity index (χ1v) is 10.8. The fraction of sp³-hybridized carbons (Fsp3) is 0.300. The summed E-state index contributed by atoms with van der Waals surface area (Å²) < 4.78 is 27.8. The third kappa shape index (κ3) is 6.31. The first-order chi connectivity index (χ1) is 13.1. The van der Waals surface area contributed by atoms with Gasteiger partial charge in [0.05, 0.1) is 10.6 Å². The Balaban J connectivity index is 2.04. The zero-order valence-electron chi connectivity index (χ0n) is 16.4. The van der Waals surface area contributed by atoms with Crippen LogP contribution in [0.4, 0.5) is 11.4 Å². The van der Waals surface area contributed by atoms with E-state index in [-0.39, 0.29) is 21.8 Å². The van der Waals surface area contributed by atoms with Gasteiger partial charge in [-0.15, -0.1) is 0 Å². The molecule has 0 aliphatic heterocycles. The Labute approximate surface area is 171 Å². The topological polar surface area (TPSA) is 87.3 Å². The maximum Gasteiger partial charge on any atom is 0.261 e. The number of nitrogens with one attached hydrogen (secondary N) is 3. The van der Waals surface area contributed by atoms with Gasteiger partial charge in [0.1, 0.15) is 0 Å². The molecule has 8 heteroatoms. The second-order valence-electron chi connectivity index (χ2n) is 7.05. The molecule has 0 aliphatic rings. The van der Waals surface area contributed by atoms with E-state index in [2.05, 4.69) is 15.4 Å². The molecule has 0 heterocycles. The summed E-state index contributed by atoms with van der Waals surface area (Å²) in [5.41, 5.74) is 3.04. The van der Waals surface area contributed by atoms with E-state index >= 15 is 0 Å². The highest BCUT2D eigenvalue weighted by Gasteiger charge is 2.15. The van der Waals surface area contributed by atoms with Gasteiger partial charge in [0.25, 0.3) is 10.0 Å². The lowest BCUT2D eigenvalue weighted by molar-refractivity contribution is -0.120. The predicted octanol–water partition coefficient (Wildman–Crippen LogP) is 3.96. The maximum absolute atomic E-state index is 12.6. The molecule has 0 saturated heterocycles. The number of benzene rings is 2. The van der Waals surface area contributed by atoms with Crippen LogP contribution in [0.3, 0.4) is 0 Å². The van der Waals surface area contributed by atoms with Crippen LogP contribution in [-0.4, -0.2) is 19.4 Å². The molecule has 0 spiro atoms. The van der Waals surface area contributed by atoms with Crippen molar-refractivity contribution in [3.8, 4) is 0 Å². The van der Waals surface area contributed by atoms with Crippen LogP contribution in [0.5, 0.6) is 0 Å². The summed E-state index contributed by atoms with van der Waals surface area (Å²) in [6, 6.07) is 11.7. The predicted molar refractivity (Wildman–Crippen MR) is 117 cm³/mol. The average Bonchev–Trinajstić information content (AvgIpc) is 2.57. The molecule has 3 N–H and O–H groups in total. The Kier molecular flexibility index (Phi) is 7.15. The molecule has 0 unspecified atom stereocenters. The van der Waals surface area contributed by atoms with Gasteiger partial charge in [0.2, 0.25) is 5.91 Å². The lowest BCUT2D eigenvalue weighted by atomic mass is 10.1. The van der Waals surface area contributed by atoms with E-state index in [1.807, 2.05) is 39.8 Å². The highest BCUT2D eigenvalue weighted by Crippen LogP contribution is 2.21. The molecule has 1 amide bonds. The van der Waals surface area contributed by atoms with E-state index in [0.717, 1.165) is 11.1 Å². The van der Waals surface area contributed by atoms with E-state index in [0.29, 0.717) is 17.8 Å². The fourth-order valence-electron chi connectivity index (χ4n) is 2.56.